The normalized spacial score (nSPS) is 17.9. The van der Waals surface area contributed by atoms with Crippen molar-refractivity contribution >= 4 is 40.7 Å². The van der Waals surface area contributed by atoms with Crippen molar-refractivity contribution in [3.05, 3.63) is 28.2 Å². The molecule has 0 aromatic heterocycles. The summed E-state index contributed by atoms with van der Waals surface area (Å²) >= 11 is 12.1. The largest absolute Gasteiger partial charge is 0.345 e. The van der Waals surface area contributed by atoms with E-state index in [1.807, 2.05) is 0 Å². The predicted octanol–water partition coefficient (Wildman–Crippen LogP) is 3.60. The fraction of sp³-hybridized carbons (Fsp3) is 0.500. The number of hydrogen-bond donors (Lipinski definition) is 0. The van der Waals surface area contributed by atoms with Crippen LogP contribution in [-0.2, 0) is 9.59 Å². The van der Waals surface area contributed by atoms with Crippen molar-refractivity contribution in [1.29, 1.82) is 0 Å². The van der Waals surface area contributed by atoms with Gasteiger partial charge in [-0.05, 0) is 24.6 Å². The zero-order valence-corrected chi connectivity index (χ0v) is 14.3. The summed E-state index contributed by atoms with van der Waals surface area (Å²) < 4.78 is 0. The highest BCUT2D eigenvalue weighted by atomic mass is 35.5. The number of rotatable bonds is 5. The fourth-order valence-electron chi connectivity index (χ4n) is 2.62. The topological polar surface area (TPSA) is 40.6 Å². The first-order chi connectivity index (χ1) is 10.4. The summed E-state index contributed by atoms with van der Waals surface area (Å²) in [6.07, 6.45) is 2.22. The quantitative estimate of drug-likeness (QED) is 0.820. The van der Waals surface area contributed by atoms with Crippen LogP contribution >= 0.6 is 23.2 Å². The minimum atomic E-state index is -0.315. The van der Waals surface area contributed by atoms with Gasteiger partial charge in [0, 0.05) is 31.6 Å². The molecule has 0 spiro atoms. The molecule has 1 aromatic carbocycles. The molecule has 1 aromatic rings. The number of halogens is 2. The monoisotopic (exact) mass is 342 g/mol. The van der Waals surface area contributed by atoms with Crippen molar-refractivity contribution in [2.24, 2.45) is 5.92 Å². The molecule has 4 nitrogen and oxygen atoms in total. The first kappa shape index (κ1) is 17.1. The van der Waals surface area contributed by atoms with Gasteiger partial charge in [-0.15, -0.1) is 0 Å². The molecule has 2 rings (SSSR count). The van der Waals surface area contributed by atoms with Crippen LogP contribution in [-0.4, -0.2) is 36.9 Å². The highest BCUT2D eigenvalue weighted by Crippen LogP contribution is 2.33. The van der Waals surface area contributed by atoms with Gasteiger partial charge in [-0.3, -0.25) is 9.59 Å². The summed E-state index contributed by atoms with van der Waals surface area (Å²) in [6.45, 7) is 3.16. The van der Waals surface area contributed by atoms with E-state index in [1.165, 1.54) is 0 Å². The molecular weight excluding hydrogens is 323 g/mol. The van der Waals surface area contributed by atoms with Gasteiger partial charge in [-0.1, -0.05) is 36.5 Å². The molecule has 120 valence electrons. The summed E-state index contributed by atoms with van der Waals surface area (Å²) in [4.78, 5) is 27.9. The molecule has 0 saturated carbocycles. The van der Waals surface area contributed by atoms with E-state index in [9.17, 15) is 9.59 Å². The second kappa shape index (κ2) is 7.34. The lowest BCUT2D eigenvalue weighted by Crippen LogP contribution is -2.35. The van der Waals surface area contributed by atoms with Crippen LogP contribution in [0.25, 0.3) is 0 Å². The number of benzene rings is 1. The molecule has 1 unspecified atom stereocenters. The number of amides is 2. The summed E-state index contributed by atoms with van der Waals surface area (Å²) in [7, 11) is 1.79. The molecule has 1 aliphatic rings. The van der Waals surface area contributed by atoms with E-state index in [-0.39, 0.29) is 24.2 Å². The van der Waals surface area contributed by atoms with E-state index >= 15 is 0 Å². The first-order valence-corrected chi connectivity index (χ1v) is 8.20. The maximum Gasteiger partial charge on any atom is 0.227 e. The summed E-state index contributed by atoms with van der Waals surface area (Å²) in [5.41, 5.74) is 0.575. The SMILES string of the molecule is CCCCN(C)C(=O)C1CC(=O)N(c2cc(Cl)ccc2Cl)C1. The second-order valence-electron chi connectivity index (χ2n) is 5.61. The van der Waals surface area contributed by atoms with E-state index in [0.717, 1.165) is 19.4 Å². The lowest BCUT2D eigenvalue weighted by Gasteiger charge is -2.21. The molecule has 6 heteroatoms. The maximum absolute atomic E-state index is 12.4. The van der Waals surface area contributed by atoms with Gasteiger partial charge in [0.1, 0.15) is 0 Å². The molecule has 1 fully saturated rings. The molecule has 1 saturated heterocycles. The van der Waals surface area contributed by atoms with Crippen LogP contribution in [0.2, 0.25) is 10.0 Å². The number of carbonyl (C=O) groups excluding carboxylic acids is 2. The van der Waals surface area contributed by atoms with E-state index in [1.54, 1.807) is 35.0 Å². The Morgan fingerprint density at radius 2 is 2.14 bits per heavy atom. The third-order valence-electron chi connectivity index (χ3n) is 3.90. The zero-order chi connectivity index (χ0) is 16.3. The van der Waals surface area contributed by atoms with Gasteiger partial charge in [0.05, 0.1) is 16.6 Å². The van der Waals surface area contributed by atoms with Gasteiger partial charge in [0.15, 0.2) is 0 Å². The van der Waals surface area contributed by atoms with E-state index in [4.69, 9.17) is 23.2 Å². The minimum Gasteiger partial charge on any atom is -0.345 e. The fourth-order valence-corrected chi connectivity index (χ4v) is 3.00. The highest BCUT2D eigenvalue weighted by Gasteiger charge is 2.37. The molecule has 0 radical (unpaired) electrons. The summed E-state index contributed by atoms with van der Waals surface area (Å²) in [5.74, 6) is -0.390. The van der Waals surface area contributed by atoms with Crippen molar-refractivity contribution in [3.63, 3.8) is 0 Å². The Morgan fingerprint density at radius 1 is 1.41 bits per heavy atom. The molecule has 0 aliphatic carbocycles. The Morgan fingerprint density at radius 3 is 2.82 bits per heavy atom. The average molecular weight is 343 g/mol. The van der Waals surface area contributed by atoms with Crippen molar-refractivity contribution in [1.82, 2.24) is 4.90 Å². The molecule has 22 heavy (non-hydrogen) atoms. The average Bonchev–Trinajstić information content (AvgIpc) is 2.88. The van der Waals surface area contributed by atoms with Crippen LogP contribution in [0.15, 0.2) is 18.2 Å². The van der Waals surface area contributed by atoms with Gasteiger partial charge in [-0.25, -0.2) is 0 Å². The van der Waals surface area contributed by atoms with E-state index in [0.29, 0.717) is 22.3 Å². The number of carbonyl (C=O) groups is 2. The van der Waals surface area contributed by atoms with Crippen LogP contribution in [0.5, 0.6) is 0 Å². The first-order valence-electron chi connectivity index (χ1n) is 7.44. The molecule has 0 N–H and O–H groups in total. The van der Waals surface area contributed by atoms with Crippen LogP contribution in [0, 0.1) is 5.92 Å². The molecular formula is C16H20Cl2N2O2. The third kappa shape index (κ3) is 3.73. The second-order valence-corrected chi connectivity index (χ2v) is 6.46. The van der Waals surface area contributed by atoms with Crippen molar-refractivity contribution in [2.75, 3.05) is 25.0 Å². The van der Waals surface area contributed by atoms with Crippen LogP contribution in [0.3, 0.4) is 0 Å². The molecule has 1 aliphatic heterocycles. The maximum atomic E-state index is 12.4. The Bertz CT molecular complexity index is 577. The number of anilines is 1. The van der Waals surface area contributed by atoms with E-state index < -0.39 is 0 Å². The van der Waals surface area contributed by atoms with Gasteiger partial charge in [0.2, 0.25) is 11.8 Å². The van der Waals surface area contributed by atoms with Gasteiger partial charge >= 0.3 is 0 Å². The Labute approximate surface area is 141 Å². The molecule has 0 bridgehead atoms. The van der Waals surface area contributed by atoms with Gasteiger partial charge in [-0.2, -0.15) is 0 Å². The molecule has 2 amide bonds. The van der Waals surface area contributed by atoms with E-state index in [2.05, 4.69) is 6.92 Å². The lowest BCUT2D eigenvalue weighted by molar-refractivity contribution is -0.134. The van der Waals surface area contributed by atoms with Crippen molar-refractivity contribution < 1.29 is 9.59 Å². The van der Waals surface area contributed by atoms with Crippen LogP contribution in [0.4, 0.5) is 5.69 Å². The lowest BCUT2D eigenvalue weighted by atomic mass is 10.1. The number of unbranched alkanes of at least 4 members (excludes halogenated alkanes) is 1. The number of nitrogens with zero attached hydrogens (tertiary/aromatic N) is 2. The van der Waals surface area contributed by atoms with Crippen molar-refractivity contribution in [3.8, 4) is 0 Å². The third-order valence-corrected chi connectivity index (χ3v) is 4.45. The Hall–Kier alpha value is -1.26. The molecule has 1 atom stereocenters. The van der Waals surface area contributed by atoms with Gasteiger partial charge in [0.25, 0.3) is 0 Å². The standard InChI is InChI=1S/C16H20Cl2N2O2/c1-3-4-7-19(2)16(22)11-8-15(21)20(10-11)14-9-12(17)5-6-13(14)18/h5-6,9,11H,3-4,7-8,10H2,1-2H3. The van der Waals surface area contributed by atoms with Crippen LogP contribution in [0.1, 0.15) is 26.2 Å². The van der Waals surface area contributed by atoms with Crippen LogP contribution < -0.4 is 4.90 Å². The Balaban J connectivity index is 2.10. The zero-order valence-electron chi connectivity index (χ0n) is 12.8. The molecule has 1 heterocycles. The van der Waals surface area contributed by atoms with Crippen molar-refractivity contribution in [2.45, 2.75) is 26.2 Å². The summed E-state index contributed by atoms with van der Waals surface area (Å²) in [6, 6.07) is 5.00. The highest BCUT2D eigenvalue weighted by molar-refractivity contribution is 6.35. The smallest absolute Gasteiger partial charge is 0.227 e. The predicted molar refractivity (Wildman–Crippen MR) is 89.5 cm³/mol. The van der Waals surface area contributed by atoms with Gasteiger partial charge < -0.3 is 9.80 Å². The summed E-state index contributed by atoms with van der Waals surface area (Å²) in [5, 5.41) is 0.979. The Kier molecular flexibility index (Phi) is 5.70. The number of hydrogen-bond acceptors (Lipinski definition) is 2. The minimum absolute atomic E-state index is 0.0162.